The molecule has 0 bridgehead atoms. The first-order valence-corrected chi connectivity index (χ1v) is 9.99. The summed E-state index contributed by atoms with van der Waals surface area (Å²) in [4.78, 5) is 28.7. The Kier molecular flexibility index (Phi) is 6.21. The topological polar surface area (TPSA) is 71.1 Å². The summed E-state index contributed by atoms with van der Waals surface area (Å²) < 4.78 is 0. The number of amides is 2. The van der Waals surface area contributed by atoms with E-state index in [4.69, 9.17) is 0 Å². The number of aryl methyl sites for hydroxylation is 3. The van der Waals surface area contributed by atoms with E-state index in [0.717, 1.165) is 16.8 Å². The summed E-state index contributed by atoms with van der Waals surface area (Å²) >= 11 is 1.40. The number of thiazole rings is 1. The van der Waals surface area contributed by atoms with Crippen LogP contribution in [-0.2, 0) is 4.79 Å². The van der Waals surface area contributed by atoms with Crippen LogP contribution in [0, 0.1) is 20.8 Å². The Morgan fingerprint density at radius 2 is 1.71 bits per heavy atom. The van der Waals surface area contributed by atoms with E-state index in [-0.39, 0.29) is 24.8 Å². The Morgan fingerprint density at radius 1 is 1.00 bits per heavy atom. The average Bonchev–Trinajstić information content (AvgIpc) is 3.13. The van der Waals surface area contributed by atoms with E-state index in [1.54, 1.807) is 24.3 Å². The van der Waals surface area contributed by atoms with Gasteiger partial charge in [-0.25, -0.2) is 4.98 Å². The number of carbonyl (C=O) groups excluding carboxylic acids is 2. The van der Waals surface area contributed by atoms with E-state index in [1.807, 2.05) is 11.4 Å². The lowest BCUT2D eigenvalue weighted by atomic mass is 9.99. The number of benzene rings is 2. The zero-order valence-electron chi connectivity index (χ0n) is 16.2. The zero-order chi connectivity index (χ0) is 20.1. The van der Waals surface area contributed by atoms with E-state index >= 15 is 0 Å². The minimum Gasteiger partial charge on any atom is -0.352 e. The Hall–Kier alpha value is -2.99. The smallest absolute Gasteiger partial charge is 0.251 e. The maximum Gasteiger partial charge on any atom is 0.251 e. The van der Waals surface area contributed by atoms with Gasteiger partial charge in [-0.1, -0.05) is 24.3 Å². The highest BCUT2D eigenvalue weighted by atomic mass is 32.1. The molecule has 0 atom stereocenters. The third-order valence-corrected chi connectivity index (χ3v) is 5.30. The summed E-state index contributed by atoms with van der Waals surface area (Å²) in [6, 6.07) is 13.2. The van der Waals surface area contributed by atoms with Gasteiger partial charge in [0.05, 0.1) is 5.69 Å². The van der Waals surface area contributed by atoms with Crippen molar-refractivity contribution in [2.24, 2.45) is 0 Å². The molecule has 0 fully saturated rings. The highest BCUT2D eigenvalue weighted by Gasteiger charge is 2.11. The molecule has 0 saturated heterocycles. The van der Waals surface area contributed by atoms with Crippen molar-refractivity contribution in [2.45, 2.75) is 27.2 Å². The highest BCUT2D eigenvalue weighted by molar-refractivity contribution is 7.14. The zero-order valence-corrected chi connectivity index (χ0v) is 17.0. The molecule has 0 aliphatic rings. The van der Waals surface area contributed by atoms with Crippen molar-refractivity contribution in [1.82, 2.24) is 10.3 Å². The monoisotopic (exact) mass is 393 g/mol. The molecule has 28 heavy (non-hydrogen) atoms. The SMILES string of the molecule is Cc1cc(C)c(-c2csc(NC(=O)CCNC(=O)c3ccccc3)n2)cc1C. The molecule has 0 spiro atoms. The van der Waals surface area contributed by atoms with Crippen LogP contribution in [0.5, 0.6) is 0 Å². The van der Waals surface area contributed by atoms with Gasteiger partial charge in [0.15, 0.2) is 5.13 Å². The van der Waals surface area contributed by atoms with Gasteiger partial charge >= 0.3 is 0 Å². The molecule has 1 heterocycles. The molecule has 1 aromatic heterocycles. The van der Waals surface area contributed by atoms with Crippen LogP contribution >= 0.6 is 11.3 Å². The van der Waals surface area contributed by atoms with Crippen molar-refractivity contribution in [2.75, 3.05) is 11.9 Å². The molecule has 3 aromatic rings. The van der Waals surface area contributed by atoms with Gasteiger partial charge in [0.1, 0.15) is 0 Å². The summed E-state index contributed by atoms with van der Waals surface area (Å²) in [6.07, 6.45) is 0.191. The van der Waals surface area contributed by atoms with E-state index < -0.39 is 0 Å². The molecule has 5 nitrogen and oxygen atoms in total. The molecule has 144 valence electrons. The average molecular weight is 394 g/mol. The Balaban J connectivity index is 1.54. The summed E-state index contributed by atoms with van der Waals surface area (Å²) in [5.41, 5.74) is 6.15. The van der Waals surface area contributed by atoms with Crippen molar-refractivity contribution in [3.63, 3.8) is 0 Å². The lowest BCUT2D eigenvalue weighted by Crippen LogP contribution is -2.27. The number of rotatable bonds is 6. The molecule has 2 aromatic carbocycles. The van der Waals surface area contributed by atoms with E-state index in [0.29, 0.717) is 10.7 Å². The van der Waals surface area contributed by atoms with Gasteiger partial charge in [0.2, 0.25) is 5.91 Å². The molecule has 2 N–H and O–H groups in total. The number of nitrogens with zero attached hydrogens (tertiary/aromatic N) is 1. The second kappa shape index (κ2) is 8.80. The third kappa shape index (κ3) is 4.84. The van der Waals surface area contributed by atoms with Crippen molar-refractivity contribution in [3.05, 3.63) is 70.1 Å². The molecule has 6 heteroatoms. The summed E-state index contributed by atoms with van der Waals surface area (Å²) in [7, 11) is 0. The lowest BCUT2D eigenvalue weighted by molar-refractivity contribution is -0.116. The van der Waals surface area contributed by atoms with Crippen LogP contribution in [0.4, 0.5) is 5.13 Å². The number of carbonyl (C=O) groups is 2. The second-order valence-corrected chi connectivity index (χ2v) is 7.57. The molecule has 0 aliphatic heterocycles. The van der Waals surface area contributed by atoms with E-state index in [1.165, 1.54) is 22.5 Å². The Morgan fingerprint density at radius 3 is 2.46 bits per heavy atom. The number of hydrogen-bond acceptors (Lipinski definition) is 4. The molecular weight excluding hydrogens is 370 g/mol. The summed E-state index contributed by atoms with van der Waals surface area (Å²) in [6.45, 7) is 6.51. The van der Waals surface area contributed by atoms with Gasteiger partial charge in [0.25, 0.3) is 5.91 Å². The van der Waals surface area contributed by atoms with Gasteiger partial charge < -0.3 is 10.6 Å². The van der Waals surface area contributed by atoms with Crippen LogP contribution in [-0.4, -0.2) is 23.3 Å². The normalized spacial score (nSPS) is 10.5. The fraction of sp³-hybridized carbons (Fsp3) is 0.227. The Bertz CT molecular complexity index is 996. The van der Waals surface area contributed by atoms with E-state index in [9.17, 15) is 9.59 Å². The number of nitrogens with one attached hydrogen (secondary N) is 2. The first-order valence-electron chi connectivity index (χ1n) is 9.11. The van der Waals surface area contributed by atoms with Crippen molar-refractivity contribution in [1.29, 1.82) is 0 Å². The highest BCUT2D eigenvalue weighted by Crippen LogP contribution is 2.29. The summed E-state index contributed by atoms with van der Waals surface area (Å²) in [5, 5.41) is 8.07. The molecule has 0 radical (unpaired) electrons. The van der Waals surface area contributed by atoms with Crippen molar-refractivity contribution < 1.29 is 9.59 Å². The predicted molar refractivity (Wildman–Crippen MR) is 114 cm³/mol. The minimum atomic E-state index is -0.185. The number of hydrogen-bond donors (Lipinski definition) is 2. The maximum atomic E-state index is 12.1. The lowest BCUT2D eigenvalue weighted by Gasteiger charge is -2.07. The second-order valence-electron chi connectivity index (χ2n) is 6.71. The van der Waals surface area contributed by atoms with Gasteiger partial charge in [0, 0.05) is 29.5 Å². The van der Waals surface area contributed by atoms with Crippen molar-refractivity contribution in [3.8, 4) is 11.3 Å². The van der Waals surface area contributed by atoms with Crippen LogP contribution in [0.2, 0.25) is 0 Å². The quantitative estimate of drug-likeness (QED) is 0.648. The van der Waals surface area contributed by atoms with Gasteiger partial charge in [-0.2, -0.15) is 0 Å². The Labute approximate surface area is 168 Å². The van der Waals surface area contributed by atoms with Gasteiger partial charge in [-0.05, 0) is 55.7 Å². The van der Waals surface area contributed by atoms with Crippen LogP contribution in [0.1, 0.15) is 33.5 Å². The predicted octanol–water partition coefficient (Wildman–Crippen LogP) is 4.49. The van der Waals surface area contributed by atoms with E-state index in [2.05, 4.69) is 48.5 Å². The minimum absolute atomic E-state index is 0.175. The van der Waals surface area contributed by atoms with Crippen LogP contribution in [0.3, 0.4) is 0 Å². The fourth-order valence-electron chi connectivity index (χ4n) is 2.85. The maximum absolute atomic E-state index is 12.1. The van der Waals surface area contributed by atoms with Gasteiger partial charge in [-0.3, -0.25) is 9.59 Å². The van der Waals surface area contributed by atoms with Crippen LogP contribution in [0.15, 0.2) is 47.8 Å². The fourth-order valence-corrected chi connectivity index (χ4v) is 3.58. The third-order valence-electron chi connectivity index (χ3n) is 4.54. The standard InChI is InChI=1S/C22H23N3O2S/c1-14-11-16(3)18(12-15(14)2)19-13-28-22(24-19)25-20(26)9-10-23-21(27)17-7-5-4-6-8-17/h4-8,11-13H,9-10H2,1-3H3,(H,23,27)(H,24,25,26). The molecule has 2 amide bonds. The van der Waals surface area contributed by atoms with Crippen molar-refractivity contribution >= 4 is 28.3 Å². The number of anilines is 1. The largest absolute Gasteiger partial charge is 0.352 e. The first-order chi connectivity index (χ1) is 13.4. The summed E-state index contributed by atoms with van der Waals surface area (Å²) in [5.74, 6) is -0.360. The molecule has 0 unspecified atom stereocenters. The van der Waals surface area contributed by atoms with Crippen LogP contribution in [0.25, 0.3) is 11.3 Å². The van der Waals surface area contributed by atoms with Crippen LogP contribution < -0.4 is 10.6 Å². The first kappa shape index (κ1) is 19.8. The molecule has 3 rings (SSSR count). The molecule has 0 aliphatic carbocycles. The van der Waals surface area contributed by atoms with Gasteiger partial charge in [-0.15, -0.1) is 11.3 Å². The molecular formula is C22H23N3O2S. The number of aromatic nitrogens is 1. The molecule has 0 saturated carbocycles.